The fraction of sp³-hybridized carbons (Fsp3) is 0.0588. The number of aromatic nitrogens is 2. The number of H-pyrrole nitrogens is 1. The molecule has 2 aromatic carbocycles. The average molecular weight is 402 g/mol. The minimum Gasteiger partial charge on any atom is -0.451 e. The van der Waals surface area contributed by atoms with Crippen molar-refractivity contribution in [2.24, 2.45) is 5.14 Å². The fourth-order valence-electron chi connectivity index (χ4n) is 2.42. The van der Waals surface area contributed by atoms with Gasteiger partial charge in [-0.3, -0.25) is 9.59 Å². The van der Waals surface area contributed by atoms with Crippen molar-refractivity contribution < 1.29 is 22.7 Å². The second kappa shape index (κ2) is 7.58. The molecular formula is C17H14N4O6S. The summed E-state index contributed by atoms with van der Waals surface area (Å²) in [5.74, 6) is -1.60. The molecular weight excluding hydrogens is 388 g/mol. The minimum absolute atomic E-state index is 0.140. The number of nitrogens with one attached hydrogen (secondary N) is 2. The first kappa shape index (κ1) is 19.2. The van der Waals surface area contributed by atoms with Crippen LogP contribution in [0.25, 0.3) is 10.8 Å². The van der Waals surface area contributed by atoms with Gasteiger partial charge in [-0.25, -0.2) is 23.4 Å². The van der Waals surface area contributed by atoms with Gasteiger partial charge in [0.25, 0.3) is 11.5 Å². The highest BCUT2D eigenvalue weighted by atomic mass is 32.2. The zero-order valence-electron chi connectivity index (χ0n) is 14.2. The molecule has 10 nitrogen and oxygen atoms in total. The molecule has 28 heavy (non-hydrogen) atoms. The van der Waals surface area contributed by atoms with Crippen molar-refractivity contribution in [3.05, 3.63) is 64.6 Å². The molecule has 0 saturated heterocycles. The van der Waals surface area contributed by atoms with Crippen LogP contribution in [0.4, 0.5) is 5.69 Å². The van der Waals surface area contributed by atoms with Crippen molar-refractivity contribution in [3.8, 4) is 0 Å². The highest BCUT2D eigenvalue weighted by Gasteiger charge is 2.17. The Kier molecular flexibility index (Phi) is 5.20. The third kappa shape index (κ3) is 4.22. The average Bonchev–Trinajstić information content (AvgIpc) is 2.66. The summed E-state index contributed by atoms with van der Waals surface area (Å²) in [5.41, 5.74) is -0.431. The van der Waals surface area contributed by atoms with E-state index >= 15 is 0 Å². The normalized spacial score (nSPS) is 11.2. The molecule has 0 unspecified atom stereocenters. The quantitative estimate of drug-likeness (QED) is 0.519. The fourth-order valence-corrected chi connectivity index (χ4v) is 2.98. The number of nitrogens with two attached hydrogens (primary N) is 1. The number of esters is 1. The third-order valence-corrected chi connectivity index (χ3v) is 4.58. The Bertz CT molecular complexity index is 1240. The van der Waals surface area contributed by atoms with Crippen LogP contribution in [0.3, 0.4) is 0 Å². The highest BCUT2D eigenvalue weighted by molar-refractivity contribution is 7.89. The molecule has 0 saturated carbocycles. The molecule has 11 heteroatoms. The Balaban J connectivity index is 1.70. The lowest BCUT2D eigenvalue weighted by atomic mass is 10.1. The first-order valence-corrected chi connectivity index (χ1v) is 9.37. The van der Waals surface area contributed by atoms with Crippen LogP contribution in [-0.2, 0) is 19.6 Å². The zero-order chi connectivity index (χ0) is 20.3. The van der Waals surface area contributed by atoms with Gasteiger partial charge in [0.2, 0.25) is 10.0 Å². The zero-order valence-corrected chi connectivity index (χ0v) is 15.0. The molecule has 3 aromatic rings. The largest absolute Gasteiger partial charge is 0.451 e. The van der Waals surface area contributed by atoms with E-state index in [1.165, 1.54) is 36.4 Å². The van der Waals surface area contributed by atoms with Crippen LogP contribution < -0.4 is 16.0 Å². The summed E-state index contributed by atoms with van der Waals surface area (Å²) in [6.07, 6.45) is 0. The number of aromatic amines is 1. The molecule has 0 radical (unpaired) electrons. The van der Waals surface area contributed by atoms with Crippen LogP contribution in [0.1, 0.15) is 10.5 Å². The van der Waals surface area contributed by atoms with Gasteiger partial charge in [0.1, 0.15) is 0 Å². The number of carbonyl (C=O) groups is 2. The molecule has 1 aromatic heterocycles. The number of sulfonamides is 1. The topological polar surface area (TPSA) is 161 Å². The van der Waals surface area contributed by atoms with Crippen LogP contribution in [0.15, 0.2) is 58.2 Å². The molecule has 0 bridgehead atoms. The molecule has 0 aliphatic carbocycles. The lowest BCUT2D eigenvalue weighted by Crippen LogP contribution is -2.23. The van der Waals surface area contributed by atoms with Crippen molar-refractivity contribution in [2.45, 2.75) is 4.90 Å². The molecule has 1 amide bonds. The van der Waals surface area contributed by atoms with Crippen molar-refractivity contribution >= 4 is 38.4 Å². The molecule has 0 aliphatic heterocycles. The maximum Gasteiger partial charge on any atom is 0.359 e. The lowest BCUT2D eigenvalue weighted by molar-refractivity contribution is -0.119. The molecule has 0 atom stereocenters. The summed E-state index contributed by atoms with van der Waals surface area (Å²) in [6.45, 7) is -0.645. The SMILES string of the molecule is NS(=O)(=O)c1cccc(NC(=O)COC(=O)c2n[nH]c(=O)c3ccccc23)c1. The van der Waals surface area contributed by atoms with E-state index in [0.29, 0.717) is 0 Å². The standard InChI is InChI=1S/C17H14N4O6S/c18-28(25,26)11-5-3-4-10(8-11)19-14(22)9-27-17(24)15-12-6-1-2-7-13(12)16(23)21-20-15/h1-8H,9H2,(H,19,22)(H,21,23)(H2,18,25,26). The van der Waals surface area contributed by atoms with E-state index in [9.17, 15) is 22.8 Å². The van der Waals surface area contributed by atoms with Gasteiger partial charge in [-0.1, -0.05) is 24.3 Å². The molecule has 0 aliphatic rings. The number of ether oxygens (including phenoxy) is 1. The van der Waals surface area contributed by atoms with E-state index in [2.05, 4.69) is 15.5 Å². The van der Waals surface area contributed by atoms with E-state index in [1.807, 2.05) is 0 Å². The van der Waals surface area contributed by atoms with Crippen molar-refractivity contribution in [3.63, 3.8) is 0 Å². The Labute approximate surface area is 158 Å². The maximum atomic E-state index is 12.2. The molecule has 4 N–H and O–H groups in total. The maximum absolute atomic E-state index is 12.2. The summed E-state index contributed by atoms with van der Waals surface area (Å²) in [4.78, 5) is 35.8. The number of nitrogens with zero attached hydrogens (tertiary/aromatic N) is 1. The van der Waals surface area contributed by atoms with Gasteiger partial charge in [0, 0.05) is 11.1 Å². The van der Waals surface area contributed by atoms with E-state index in [4.69, 9.17) is 9.88 Å². The summed E-state index contributed by atoms with van der Waals surface area (Å²) >= 11 is 0. The van der Waals surface area contributed by atoms with Gasteiger partial charge in [-0.2, -0.15) is 5.10 Å². The number of amides is 1. The Morgan fingerprint density at radius 3 is 2.54 bits per heavy atom. The van der Waals surface area contributed by atoms with E-state index < -0.39 is 34.1 Å². The highest BCUT2D eigenvalue weighted by Crippen LogP contribution is 2.15. The van der Waals surface area contributed by atoms with Gasteiger partial charge in [0.05, 0.1) is 10.3 Å². The molecule has 0 fully saturated rings. The van der Waals surface area contributed by atoms with Crippen LogP contribution in [-0.4, -0.2) is 37.1 Å². The number of carbonyl (C=O) groups excluding carboxylic acids is 2. The summed E-state index contributed by atoms with van der Waals surface area (Å²) in [6, 6.07) is 11.6. The summed E-state index contributed by atoms with van der Waals surface area (Å²) < 4.78 is 27.6. The Morgan fingerprint density at radius 1 is 1.11 bits per heavy atom. The van der Waals surface area contributed by atoms with Crippen LogP contribution >= 0.6 is 0 Å². The van der Waals surface area contributed by atoms with Crippen LogP contribution in [0, 0.1) is 0 Å². The van der Waals surface area contributed by atoms with E-state index in [1.54, 1.807) is 12.1 Å². The monoisotopic (exact) mass is 402 g/mol. The van der Waals surface area contributed by atoms with Gasteiger partial charge >= 0.3 is 5.97 Å². The smallest absolute Gasteiger partial charge is 0.359 e. The Morgan fingerprint density at radius 2 is 1.82 bits per heavy atom. The molecule has 144 valence electrons. The number of benzene rings is 2. The predicted octanol–water partition coefficient (Wildman–Crippen LogP) is 0.366. The lowest BCUT2D eigenvalue weighted by Gasteiger charge is -2.08. The molecule has 3 rings (SSSR count). The first-order valence-electron chi connectivity index (χ1n) is 7.83. The number of hydrogen-bond donors (Lipinski definition) is 3. The number of rotatable bonds is 5. The molecule has 1 heterocycles. The summed E-state index contributed by atoms with van der Waals surface area (Å²) in [7, 11) is -3.92. The van der Waals surface area contributed by atoms with Crippen molar-refractivity contribution in [2.75, 3.05) is 11.9 Å². The number of hydrogen-bond acceptors (Lipinski definition) is 7. The number of fused-ring (bicyclic) bond motifs is 1. The van der Waals surface area contributed by atoms with Gasteiger partial charge in [0.15, 0.2) is 12.3 Å². The second-order valence-electron chi connectivity index (χ2n) is 5.64. The minimum atomic E-state index is -3.92. The number of anilines is 1. The van der Waals surface area contributed by atoms with Crippen molar-refractivity contribution in [1.29, 1.82) is 0 Å². The molecule has 0 spiro atoms. The van der Waals surface area contributed by atoms with Crippen LogP contribution in [0.5, 0.6) is 0 Å². The Hall–Kier alpha value is -3.57. The third-order valence-electron chi connectivity index (χ3n) is 3.67. The first-order chi connectivity index (χ1) is 13.3. The van der Waals surface area contributed by atoms with E-state index in [-0.39, 0.29) is 27.0 Å². The second-order valence-corrected chi connectivity index (χ2v) is 7.21. The summed E-state index contributed by atoms with van der Waals surface area (Å²) in [5, 5.41) is 13.9. The van der Waals surface area contributed by atoms with Gasteiger partial charge < -0.3 is 10.1 Å². The van der Waals surface area contributed by atoms with Crippen molar-refractivity contribution in [1.82, 2.24) is 10.2 Å². The number of primary sulfonamides is 1. The predicted molar refractivity (Wildman–Crippen MR) is 99.1 cm³/mol. The van der Waals surface area contributed by atoms with E-state index in [0.717, 1.165) is 0 Å². The van der Waals surface area contributed by atoms with Gasteiger partial charge in [-0.05, 0) is 24.3 Å². The van der Waals surface area contributed by atoms with Gasteiger partial charge in [-0.15, -0.1) is 0 Å². The van der Waals surface area contributed by atoms with Crippen LogP contribution in [0.2, 0.25) is 0 Å².